The number of hydrogen-bond donors (Lipinski definition) is 0. The lowest BCUT2D eigenvalue weighted by atomic mass is 9.91. The van der Waals surface area contributed by atoms with E-state index in [1.165, 1.54) is 36.1 Å². The van der Waals surface area contributed by atoms with E-state index >= 15 is 0 Å². The van der Waals surface area contributed by atoms with E-state index < -0.39 is 0 Å². The fraction of sp³-hybridized carbons (Fsp3) is 0.588. The summed E-state index contributed by atoms with van der Waals surface area (Å²) >= 11 is 0. The van der Waals surface area contributed by atoms with Crippen molar-refractivity contribution in [3.63, 3.8) is 0 Å². The van der Waals surface area contributed by atoms with Gasteiger partial charge in [-0.05, 0) is 42.9 Å². The lowest BCUT2D eigenvalue weighted by molar-refractivity contribution is -0.0384. The Morgan fingerprint density at radius 2 is 2.22 bits per heavy atom. The molecule has 0 amide bonds. The van der Waals surface area contributed by atoms with Crippen LogP contribution in [0, 0.1) is 6.92 Å². The highest BCUT2D eigenvalue weighted by Crippen LogP contribution is 2.26. The van der Waals surface area contributed by atoms with Crippen LogP contribution in [0.15, 0.2) is 16.8 Å². The molecule has 122 valence electrons. The SMILES string of the molecule is Cc1nc(C2CN(Cc3nccc4c3CCCC4)CCO2)no1. The van der Waals surface area contributed by atoms with E-state index in [-0.39, 0.29) is 6.10 Å². The second-order valence-corrected chi connectivity index (χ2v) is 6.37. The molecule has 0 aromatic carbocycles. The van der Waals surface area contributed by atoms with Gasteiger partial charge in [0, 0.05) is 32.8 Å². The van der Waals surface area contributed by atoms with Gasteiger partial charge in [0.25, 0.3) is 0 Å². The van der Waals surface area contributed by atoms with Crippen LogP contribution in [0.5, 0.6) is 0 Å². The van der Waals surface area contributed by atoms with Crippen LogP contribution in [0.2, 0.25) is 0 Å². The van der Waals surface area contributed by atoms with Crippen molar-refractivity contribution in [3.8, 4) is 0 Å². The first kappa shape index (κ1) is 14.8. The Balaban J connectivity index is 1.48. The quantitative estimate of drug-likeness (QED) is 0.865. The Hall–Kier alpha value is -1.79. The van der Waals surface area contributed by atoms with Crippen LogP contribution in [-0.4, -0.2) is 39.7 Å². The third-order valence-corrected chi connectivity index (χ3v) is 4.72. The maximum absolute atomic E-state index is 5.81. The Morgan fingerprint density at radius 1 is 1.30 bits per heavy atom. The van der Waals surface area contributed by atoms with Gasteiger partial charge in [-0.2, -0.15) is 4.98 Å². The fourth-order valence-corrected chi connectivity index (χ4v) is 3.53. The number of ether oxygens (including phenoxy) is 1. The van der Waals surface area contributed by atoms with E-state index in [0.29, 0.717) is 18.3 Å². The van der Waals surface area contributed by atoms with Gasteiger partial charge in [-0.1, -0.05) is 5.16 Å². The minimum Gasteiger partial charge on any atom is -0.367 e. The summed E-state index contributed by atoms with van der Waals surface area (Å²) in [6.45, 7) is 5.06. The third-order valence-electron chi connectivity index (χ3n) is 4.72. The molecule has 2 aromatic rings. The number of aryl methyl sites for hydroxylation is 2. The zero-order valence-corrected chi connectivity index (χ0v) is 13.5. The van der Waals surface area contributed by atoms with E-state index in [1.54, 1.807) is 6.92 Å². The van der Waals surface area contributed by atoms with E-state index in [2.05, 4.69) is 26.1 Å². The molecular formula is C17H22N4O2. The largest absolute Gasteiger partial charge is 0.367 e. The molecule has 1 aliphatic heterocycles. The minimum atomic E-state index is -0.110. The summed E-state index contributed by atoms with van der Waals surface area (Å²) in [6, 6.07) is 2.18. The number of fused-ring (bicyclic) bond motifs is 1. The third kappa shape index (κ3) is 3.14. The average molecular weight is 314 g/mol. The molecule has 3 heterocycles. The summed E-state index contributed by atoms with van der Waals surface area (Å²) in [5, 5.41) is 4.00. The van der Waals surface area contributed by atoms with E-state index in [4.69, 9.17) is 9.26 Å². The predicted octanol–water partition coefficient (Wildman–Crippen LogP) is 2.23. The zero-order valence-electron chi connectivity index (χ0n) is 13.5. The van der Waals surface area contributed by atoms with Crippen LogP contribution in [0.3, 0.4) is 0 Å². The second kappa shape index (κ2) is 6.37. The van der Waals surface area contributed by atoms with Crippen LogP contribution in [0.25, 0.3) is 0 Å². The van der Waals surface area contributed by atoms with Crippen molar-refractivity contribution in [1.29, 1.82) is 0 Å². The summed E-state index contributed by atoms with van der Waals surface area (Å²) < 4.78 is 10.9. The van der Waals surface area contributed by atoms with Crippen molar-refractivity contribution < 1.29 is 9.26 Å². The number of nitrogens with zero attached hydrogens (tertiary/aromatic N) is 4. The summed E-state index contributed by atoms with van der Waals surface area (Å²) in [6.07, 6.45) is 6.78. The van der Waals surface area contributed by atoms with E-state index in [9.17, 15) is 0 Å². The van der Waals surface area contributed by atoms with Gasteiger partial charge in [0.2, 0.25) is 11.7 Å². The van der Waals surface area contributed by atoms with Crippen molar-refractivity contribution in [2.45, 2.75) is 45.3 Å². The smallest absolute Gasteiger partial charge is 0.223 e. The first-order chi connectivity index (χ1) is 11.3. The van der Waals surface area contributed by atoms with Gasteiger partial charge in [0.15, 0.2) is 0 Å². The molecule has 1 unspecified atom stereocenters. The Kier molecular flexibility index (Phi) is 4.10. The van der Waals surface area contributed by atoms with Crippen molar-refractivity contribution in [3.05, 3.63) is 40.8 Å². The zero-order chi connectivity index (χ0) is 15.6. The molecule has 0 bridgehead atoms. The normalized spacial score (nSPS) is 22.0. The molecule has 2 aliphatic rings. The molecule has 0 saturated carbocycles. The Bertz CT molecular complexity index is 685. The van der Waals surface area contributed by atoms with Gasteiger partial charge in [-0.25, -0.2) is 0 Å². The molecule has 4 rings (SSSR count). The van der Waals surface area contributed by atoms with Crippen LogP contribution in [0.1, 0.15) is 47.5 Å². The summed E-state index contributed by atoms with van der Waals surface area (Å²) in [5.74, 6) is 1.23. The van der Waals surface area contributed by atoms with Gasteiger partial charge >= 0.3 is 0 Å². The van der Waals surface area contributed by atoms with Crippen LogP contribution in [0.4, 0.5) is 0 Å². The molecule has 6 heteroatoms. The number of rotatable bonds is 3. The highest BCUT2D eigenvalue weighted by Gasteiger charge is 2.27. The highest BCUT2D eigenvalue weighted by molar-refractivity contribution is 5.32. The molecule has 23 heavy (non-hydrogen) atoms. The number of aromatic nitrogens is 3. The molecule has 0 radical (unpaired) electrons. The predicted molar refractivity (Wildman–Crippen MR) is 83.9 cm³/mol. The molecule has 1 atom stereocenters. The highest BCUT2D eigenvalue weighted by atomic mass is 16.5. The lowest BCUT2D eigenvalue weighted by Gasteiger charge is -2.32. The topological polar surface area (TPSA) is 64.3 Å². The average Bonchev–Trinajstić information content (AvgIpc) is 3.02. The Labute approximate surface area is 135 Å². The number of hydrogen-bond acceptors (Lipinski definition) is 6. The molecule has 2 aromatic heterocycles. The van der Waals surface area contributed by atoms with Crippen molar-refractivity contribution >= 4 is 0 Å². The van der Waals surface area contributed by atoms with E-state index in [1.807, 2.05) is 6.20 Å². The van der Waals surface area contributed by atoms with Gasteiger partial charge in [-0.15, -0.1) is 0 Å². The molecule has 6 nitrogen and oxygen atoms in total. The standard InChI is InChI=1S/C17H22N4O2/c1-12-19-17(20-23-12)16-11-21(8-9-22-16)10-15-14-5-3-2-4-13(14)6-7-18-15/h6-7,16H,2-5,8-11H2,1H3. The van der Waals surface area contributed by atoms with Crippen LogP contribution >= 0.6 is 0 Å². The van der Waals surface area contributed by atoms with Crippen molar-refractivity contribution in [2.24, 2.45) is 0 Å². The molecule has 1 aliphatic carbocycles. The first-order valence-corrected chi connectivity index (χ1v) is 8.39. The van der Waals surface area contributed by atoms with E-state index in [0.717, 1.165) is 26.1 Å². The summed E-state index contributed by atoms with van der Waals surface area (Å²) in [5.41, 5.74) is 4.18. The van der Waals surface area contributed by atoms with Gasteiger partial charge in [0.05, 0.1) is 12.3 Å². The maximum Gasteiger partial charge on any atom is 0.223 e. The van der Waals surface area contributed by atoms with Crippen molar-refractivity contribution in [1.82, 2.24) is 20.0 Å². The number of morpholine rings is 1. The molecule has 0 N–H and O–H groups in total. The molecule has 0 spiro atoms. The fourth-order valence-electron chi connectivity index (χ4n) is 3.53. The second-order valence-electron chi connectivity index (χ2n) is 6.37. The van der Waals surface area contributed by atoms with Gasteiger partial charge < -0.3 is 9.26 Å². The summed E-state index contributed by atoms with van der Waals surface area (Å²) in [4.78, 5) is 11.3. The Morgan fingerprint density at radius 3 is 3.09 bits per heavy atom. The molecular weight excluding hydrogens is 292 g/mol. The molecule has 1 saturated heterocycles. The monoisotopic (exact) mass is 314 g/mol. The minimum absolute atomic E-state index is 0.110. The number of pyridine rings is 1. The van der Waals surface area contributed by atoms with Crippen molar-refractivity contribution in [2.75, 3.05) is 19.7 Å². The first-order valence-electron chi connectivity index (χ1n) is 8.39. The van der Waals surface area contributed by atoms with Crippen LogP contribution in [-0.2, 0) is 24.1 Å². The van der Waals surface area contributed by atoms with Gasteiger partial charge in [-0.3, -0.25) is 9.88 Å². The molecule has 1 fully saturated rings. The van der Waals surface area contributed by atoms with Gasteiger partial charge in [0.1, 0.15) is 6.10 Å². The van der Waals surface area contributed by atoms with Crippen LogP contribution < -0.4 is 0 Å². The summed E-state index contributed by atoms with van der Waals surface area (Å²) in [7, 11) is 0. The maximum atomic E-state index is 5.81. The lowest BCUT2D eigenvalue weighted by Crippen LogP contribution is -2.38.